The Morgan fingerprint density at radius 3 is 2.60 bits per heavy atom. The Morgan fingerprint density at radius 1 is 1.24 bits per heavy atom. The molecule has 7 nitrogen and oxygen atoms in total. The predicted octanol–water partition coefficient (Wildman–Crippen LogP) is 3.16. The predicted molar refractivity (Wildman–Crippen MR) is 94.3 cm³/mol. The van der Waals surface area contributed by atoms with Crippen LogP contribution >= 0.6 is 0 Å². The summed E-state index contributed by atoms with van der Waals surface area (Å²) in [7, 11) is 3.08. The van der Waals surface area contributed by atoms with Gasteiger partial charge in [0.25, 0.3) is 0 Å². The number of furan rings is 1. The van der Waals surface area contributed by atoms with E-state index in [1.54, 1.807) is 25.3 Å². The minimum absolute atomic E-state index is 0.315. The molecule has 1 aromatic heterocycles. The SMILES string of the molecule is COc1ccc(NC(=O)NCCC(O)c2cc(C)oc2C)c(OC)c1. The van der Waals surface area contributed by atoms with Gasteiger partial charge in [-0.1, -0.05) is 0 Å². The van der Waals surface area contributed by atoms with Crippen molar-refractivity contribution >= 4 is 11.7 Å². The van der Waals surface area contributed by atoms with Crippen LogP contribution in [-0.4, -0.2) is 31.9 Å². The number of hydrogen-bond acceptors (Lipinski definition) is 5. The summed E-state index contributed by atoms with van der Waals surface area (Å²) in [6.07, 6.45) is -0.305. The lowest BCUT2D eigenvalue weighted by Crippen LogP contribution is -2.30. The molecule has 136 valence electrons. The Balaban J connectivity index is 1.86. The van der Waals surface area contributed by atoms with Crippen LogP contribution in [0.5, 0.6) is 11.5 Å². The van der Waals surface area contributed by atoms with Gasteiger partial charge in [0.05, 0.1) is 26.0 Å². The fourth-order valence-electron chi connectivity index (χ4n) is 2.53. The Kier molecular flexibility index (Phi) is 6.30. The number of methoxy groups -OCH3 is 2. The first-order valence-corrected chi connectivity index (χ1v) is 7.96. The summed E-state index contributed by atoms with van der Waals surface area (Å²) in [6, 6.07) is 6.54. The first-order valence-electron chi connectivity index (χ1n) is 7.96. The minimum atomic E-state index is -0.687. The van der Waals surface area contributed by atoms with Crippen molar-refractivity contribution in [1.82, 2.24) is 5.32 Å². The number of hydrogen-bond donors (Lipinski definition) is 3. The van der Waals surface area contributed by atoms with E-state index in [9.17, 15) is 9.90 Å². The molecule has 2 aromatic rings. The van der Waals surface area contributed by atoms with Crippen LogP contribution in [-0.2, 0) is 0 Å². The van der Waals surface area contributed by atoms with Crippen LogP contribution in [0, 0.1) is 13.8 Å². The second kappa shape index (κ2) is 8.43. The van der Waals surface area contributed by atoms with Crippen LogP contribution in [0.2, 0.25) is 0 Å². The smallest absolute Gasteiger partial charge is 0.319 e. The Labute approximate surface area is 146 Å². The normalized spacial score (nSPS) is 11.7. The highest BCUT2D eigenvalue weighted by molar-refractivity contribution is 5.91. The van der Waals surface area contributed by atoms with Gasteiger partial charge < -0.3 is 29.6 Å². The van der Waals surface area contributed by atoms with E-state index in [1.165, 1.54) is 7.11 Å². The zero-order valence-corrected chi connectivity index (χ0v) is 14.9. The van der Waals surface area contributed by atoms with E-state index >= 15 is 0 Å². The highest BCUT2D eigenvalue weighted by atomic mass is 16.5. The van der Waals surface area contributed by atoms with Crippen molar-refractivity contribution in [3.8, 4) is 11.5 Å². The molecule has 0 bridgehead atoms. The van der Waals surface area contributed by atoms with Crippen molar-refractivity contribution in [1.29, 1.82) is 0 Å². The summed E-state index contributed by atoms with van der Waals surface area (Å²) in [5.74, 6) is 2.58. The van der Waals surface area contributed by atoms with E-state index in [-0.39, 0.29) is 6.03 Å². The molecule has 0 aliphatic rings. The zero-order valence-electron chi connectivity index (χ0n) is 14.9. The lowest BCUT2D eigenvalue weighted by Gasteiger charge is -2.13. The molecular formula is C18H24N2O5. The highest BCUT2D eigenvalue weighted by Gasteiger charge is 2.15. The molecule has 0 spiro atoms. The number of ether oxygens (including phenoxy) is 2. The third-order valence-corrected chi connectivity index (χ3v) is 3.80. The van der Waals surface area contributed by atoms with Gasteiger partial charge in [0.2, 0.25) is 0 Å². The third kappa shape index (κ3) is 4.90. The van der Waals surface area contributed by atoms with Crippen LogP contribution < -0.4 is 20.1 Å². The average molecular weight is 348 g/mol. The molecule has 0 aliphatic carbocycles. The van der Waals surface area contributed by atoms with Crippen molar-refractivity contribution in [3.63, 3.8) is 0 Å². The van der Waals surface area contributed by atoms with Gasteiger partial charge in [-0.15, -0.1) is 0 Å². The Bertz CT molecular complexity index is 726. The number of aliphatic hydroxyl groups excluding tert-OH is 1. The maximum absolute atomic E-state index is 12.0. The quantitative estimate of drug-likeness (QED) is 0.715. The van der Waals surface area contributed by atoms with Crippen LogP contribution in [0.1, 0.15) is 29.6 Å². The molecule has 0 saturated heterocycles. The molecule has 7 heteroatoms. The van der Waals surface area contributed by atoms with Crippen LogP contribution in [0.25, 0.3) is 0 Å². The molecule has 25 heavy (non-hydrogen) atoms. The maximum atomic E-state index is 12.0. The second-order valence-electron chi connectivity index (χ2n) is 5.62. The number of nitrogens with one attached hydrogen (secondary N) is 2. The van der Waals surface area contributed by atoms with Crippen molar-refractivity contribution in [2.45, 2.75) is 26.4 Å². The third-order valence-electron chi connectivity index (χ3n) is 3.80. The fraction of sp³-hybridized carbons (Fsp3) is 0.389. The van der Waals surface area contributed by atoms with Gasteiger partial charge in [0.15, 0.2) is 0 Å². The molecule has 3 N–H and O–H groups in total. The minimum Gasteiger partial charge on any atom is -0.497 e. The molecule has 1 aromatic carbocycles. The van der Waals surface area contributed by atoms with Gasteiger partial charge >= 0.3 is 6.03 Å². The van der Waals surface area contributed by atoms with Crippen LogP contribution in [0.15, 0.2) is 28.7 Å². The highest BCUT2D eigenvalue weighted by Crippen LogP contribution is 2.29. The van der Waals surface area contributed by atoms with E-state index < -0.39 is 6.10 Å². The molecule has 2 amide bonds. The summed E-state index contributed by atoms with van der Waals surface area (Å²) in [4.78, 5) is 12.0. The number of rotatable bonds is 7. The molecule has 1 unspecified atom stereocenters. The van der Waals surface area contributed by atoms with Gasteiger partial charge in [-0.3, -0.25) is 0 Å². The van der Waals surface area contributed by atoms with Crippen molar-refractivity contribution < 1.29 is 23.8 Å². The monoisotopic (exact) mass is 348 g/mol. The van der Waals surface area contributed by atoms with Gasteiger partial charge in [0, 0.05) is 18.2 Å². The average Bonchev–Trinajstić information content (AvgIpc) is 2.93. The summed E-state index contributed by atoms with van der Waals surface area (Å²) in [6.45, 7) is 3.95. The summed E-state index contributed by atoms with van der Waals surface area (Å²) in [5, 5.41) is 15.6. The Morgan fingerprint density at radius 2 is 2.00 bits per heavy atom. The first-order chi connectivity index (χ1) is 11.9. The van der Waals surface area contributed by atoms with Gasteiger partial charge in [-0.25, -0.2) is 4.79 Å². The number of urea groups is 1. The number of anilines is 1. The van der Waals surface area contributed by atoms with E-state index in [4.69, 9.17) is 13.9 Å². The van der Waals surface area contributed by atoms with Crippen molar-refractivity contribution in [3.05, 3.63) is 41.3 Å². The van der Waals surface area contributed by atoms with E-state index in [2.05, 4.69) is 10.6 Å². The van der Waals surface area contributed by atoms with Gasteiger partial charge in [-0.05, 0) is 38.5 Å². The largest absolute Gasteiger partial charge is 0.497 e. The van der Waals surface area contributed by atoms with Crippen LogP contribution in [0.3, 0.4) is 0 Å². The standard InChI is InChI=1S/C18H24N2O5/c1-11-9-14(12(2)25-11)16(21)7-8-19-18(22)20-15-6-5-13(23-3)10-17(15)24-4/h5-6,9-10,16,21H,7-8H2,1-4H3,(H2,19,20,22). The summed E-state index contributed by atoms with van der Waals surface area (Å²) >= 11 is 0. The number of carbonyl (C=O) groups excluding carboxylic acids is 1. The first kappa shape index (κ1) is 18.7. The van der Waals surface area contributed by atoms with E-state index in [1.807, 2.05) is 19.9 Å². The maximum Gasteiger partial charge on any atom is 0.319 e. The molecular weight excluding hydrogens is 324 g/mol. The number of aryl methyl sites for hydroxylation is 2. The molecule has 0 saturated carbocycles. The lowest BCUT2D eigenvalue weighted by atomic mass is 10.1. The van der Waals surface area contributed by atoms with Gasteiger partial charge in [0.1, 0.15) is 23.0 Å². The molecule has 2 rings (SSSR count). The zero-order chi connectivity index (χ0) is 18.4. The van der Waals surface area contributed by atoms with E-state index in [0.717, 1.165) is 11.3 Å². The number of aliphatic hydroxyl groups is 1. The van der Waals surface area contributed by atoms with Crippen LogP contribution in [0.4, 0.5) is 10.5 Å². The molecule has 0 aliphatic heterocycles. The summed E-state index contributed by atoms with van der Waals surface area (Å²) < 4.78 is 15.8. The molecule has 0 fully saturated rings. The van der Waals surface area contributed by atoms with Crippen molar-refractivity contribution in [2.24, 2.45) is 0 Å². The molecule has 1 heterocycles. The number of benzene rings is 1. The number of carbonyl (C=O) groups is 1. The molecule has 0 radical (unpaired) electrons. The fourth-order valence-corrected chi connectivity index (χ4v) is 2.53. The van der Waals surface area contributed by atoms with Crippen molar-refractivity contribution in [2.75, 3.05) is 26.1 Å². The van der Waals surface area contributed by atoms with E-state index in [0.29, 0.717) is 35.9 Å². The number of amides is 2. The van der Waals surface area contributed by atoms with Gasteiger partial charge in [-0.2, -0.15) is 0 Å². The Hall–Kier alpha value is -2.67. The second-order valence-corrected chi connectivity index (χ2v) is 5.62. The topological polar surface area (TPSA) is 93.0 Å². The molecule has 1 atom stereocenters. The lowest BCUT2D eigenvalue weighted by molar-refractivity contribution is 0.165. The summed E-state index contributed by atoms with van der Waals surface area (Å²) in [5.41, 5.74) is 1.28.